The Labute approximate surface area is 141 Å². The van der Waals surface area contributed by atoms with Crippen molar-refractivity contribution in [1.29, 1.82) is 0 Å². The number of nitro groups is 4. The Balaban J connectivity index is 2.65. The van der Waals surface area contributed by atoms with Crippen molar-refractivity contribution in [3.63, 3.8) is 0 Å². The van der Waals surface area contributed by atoms with Gasteiger partial charge in [-0.15, -0.1) is 0 Å². The van der Waals surface area contributed by atoms with E-state index in [0.29, 0.717) is 0 Å². The molecule has 0 aliphatic heterocycles. The molecule has 0 unspecified atom stereocenters. The fourth-order valence-electron chi connectivity index (χ4n) is 2.93. The van der Waals surface area contributed by atoms with Crippen molar-refractivity contribution < 1.29 is 19.7 Å². The Morgan fingerprint density at radius 2 is 1.00 bits per heavy atom. The van der Waals surface area contributed by atoms with Crippen LogP contribution in [0.5, 0.6) is 0 Å². The van der Waals surface area contributed by atoms with Crippen molar-refractivity contribution >= 4 is 44.6 Å². The average Bonchev–Trinajstić information content (AvgIpc) is 2.85. The van der Waals surface area contributed by atoms with Crippen LogP contribution in [-0.2, 0) is 7.05 Å². The first kappa shape index (κ1) is 16.7. The Kier molecular flexibility index (Phi) is 3.49. The van der Waals surface area contributed by atoms with Gasteiger partial charge in [-0.05, 0) is 0 Å². The molecule has 0 saturated heterocycles. The van der Waals surface area contributed by atoms with Crippen LogP contribution in [0.15, 0.2) is 24.3 Å². The van der Waals surface area contributed by atoms with Gasteiger partial charge in [0.05, 0.1) is 31.8 Å². The van der Waals surface area contributed by atoms with E-state index in [0.717, 1.165) is 28.8 Å². The minimum absolute atomic E-state index is 0.0600. The number of non-ortho nitro benzene ring substituents is 4. The molecule has 0 atom stereocenters. The predicted molar refractivity (Wildman–Crippen MR) is 87.0 cm³/mol. The Morgan fingerprint density at radius 3 is 1.27 bits per heavy atom. The summed E-state index contributed by atoms with van der Waals surface area (Å²) in [6.07, 6.45) is 0. The van der Waals surface area contributed by atoms with Crippen molar-refractivity contribution in [3.8, 4) is 0 Å². The average molecular weight is 361 g/mol. The van der Waals surface area contributed by atoms with Crippen molar-refractivity contribution in [2.45, 2.75) is 0 Å². The van der Waals surface area contributed by atoms with E-state index >= 15 is 0 Å². The zero-order valence-electron chi connectivity index (χ0n) is 12.8. The molecular formula is C13H7N5O8. The molecule has 13 heteroatoms. The second-order valence-electron chi connectivity index (χ2n) is 5.31. The highest BCUT2D eigenvalue weighted by atomic mass is 16.6. The maximum Gasteiger partial charge on any atom is 0.300 e. The number of hydrogen-bond donors (Lipinski definition) is 0. The monoisotopic (exact) mass is 361 g/mol. The van der Waals surface area contributed by atoms with E-state index in [1.807, 2.05) is 0 Å². The lowest BCUT2D eigenvalue weighted by molar-refractivity contribution is -0.393. The van der Waals surface area contributed by atoms with Gasteiger partial charge in [0.2, 0.25) is 0 Å². The SMILES string of the molecule is Cn1c2c([N+](=O)[O-])cc([N+](=O)[O-])cc2c2cc([N+](=O)[O-])cc([N+](=O)[O-])c21. The zero-order valence-corrected chi connectivity index (χ0v) is 12.8. The Morgan fingerprint density at radius 1 is 0.654 bits per heavy atom. The summed E-state index contributed by atoms with van der Waals surface area (Å²) < 4.78 is 1.13. The van der Waals surface area contributed by atoms with Gasteiger partial charge in [0.15, 0.2) is 0 Å². The number of nitrogens with zero attached hydrogens (tertiary/aromatic N) is 5. The predicted octanol–water partition coefficient (Wildman–Crippen LogP) is 2.96. The molecule has 0 aliphatic carbocycles. The molecule has 0 aliphatic rings. The van der Waals surface area contributed by atoms with E-state index < -0.39 is 42.4 Å². The highest BCUT2D eigenvalue weighted by Crippen LogP contribution is 2.42. The highest BCUT2D eigenvalue weighted by Gasteiger charge is 2.30. The molecule has 13 nitrogen and oxygen atoms in total. The van der Waals surface area contributed by atoms with Crippen LogP contribution in [0.2, 0.25) is 0 Å². The van der Waals surface area contributed by atoms with Gasteiger partial charge in [0.25, 0.3) is 22.7 Å². The first-order chi connectivity index (χ1) is 12.1. The molecule has 3 rings (SSSR count). The third-order valence-corrected chi connectivity index (χ3v) is 3.93. The third kappa shape index (κ3) is 2.26. The summed E-state index contributed by atoms with van der Waals surface area (Å²) in [4.78, 5) is 41.4. The van der Waals surface area contributed by atoms with E-state index in [4.69, 9.17) is 0 Å². The number of aryl methyl sites for hydroxylation is 1. The lowest BCUT2D eigenvalue weighted by Gasteiger charge is -2.00. The molecule has 0 bridgehead atoms. The van der Waals surface area contributed by atoms with Gasteiger partial charge < -0.3 is 4.57 Å². The van der Waals surface area contributed by atoms with Crippen molar-refractivity contribution in [1.82, 2.24) is 4.57 Å². The molecule has 2 aromatic carbocycles. The van der Waals surface area contributed by atoms with Gasteiger partial charge in [-0.1, -0.05) is 0 Å². The van der Waals surface area contributed by atoms with Gasteiger partial charge in [-0.25, -0.2) is 0 Å². The van der Waals surface area contributed by atoms with Crippen LogP contribution in [0.3, 0.4) is 0 Å². The van der Waals surface area contributed by atoms with Crippen LogP contribution in [0.4, 0.5) is 22.7 Å². The molecule has 0 fully saturated rings. The topological polar surface area (TPSA) is 177 Å². The number of hydrogen-bond acceptors (Lipinski definition) is 8. The van der Waals surface area contributed by atoms with Gasteiger partial charge >= 0.3 is 0 Å². The third-order valence-electron chi connectivity index (χ3n) is 3.93. The van der Waals surface area contributed by atoms with Crippen LogP contribution in [-0.4, -0.2) is 24.3 Å². The van der Waals surface area contributed by atoms with Gasteiger partial charge in [0, 0.05) is 30.0 Å². The number of benzene rings is 2. The maximum absolute atomic E-state index is 11.3. The van der Waals surface area contributed by atoms with Gasteiger partial charge in [-0.2, -0.15) is 0 Å². The Hall–Kier alpha value is -4.16. The smallest absolute Gasteiger partial charge is 0.300 e. The second kappa shape index (κ2) is 5.44. The lowest BCUT2D eigenvalue weighted by atomic mass is 10.1. The number of nitro benzene ring substituents is 4. The summed E-state index contributed by atoms with van der Waals surface area (Å²) >= 11 is 0. The quantitative estimate of drug-likeness (QED) is 0.502. The fraction of sp³-hybridized carbons (Fsp3) is 0.0769. The summed E-state index contributed by atoms with van der Waals surface area (Å²) in [6, 6.07) is 3.47. The van der Waals surface area contributed by atoms with Crippen molar-refractivity contribution in [2.75, 3.05) is 0 Å². The maximum atomic E-state index is 11.3. The zero-order chi connectivity index (χ0) is 19.3. The molecule has 132 valence electrons. The molecule has 0 N–H and O–H groups in total. The van der Waals surface area contributed by atoms with E-state index in [2.05, 4.69) is 0 Å². The molecule has 1 aromatic heterocycles. The molecular weight excluding hydrogens is 354 g/mol. The molecule has 0 radical (unpaired) electrons. The number of rotatable bonds is 4. The van der Waals surface area contributed by atoms with Crippen LogP contribution in [0.25, 0.3) is 21.8 Å². The highest BCUT2D eigenvalue weighted by molar-refractivity contribution is 6.14. The van der Waals surface area contributed by atoms with Crippen LogP contribution >= 0.6 is 0 Å². The largest absolute Gasteiger partial charge is 0.332 e. The van der Waals surface area contributed by atoms with Crippen LogP contribution in [0.1, 0.15) is 0 Å². The molecule has 1 heterocycles. The van der Waals surface area contributed by atoms with Crippen molar-refractivity contribution in [2.24, 2.45) is 7.05 Å². The van der Waals surface area contributed by atoms with E-state index in [-0.39, 0.29) is 21.8 Å². The normalized spacial score (nSPS) is 11.0. The summed E-state index contributed by atoms with van der Waals surface area (Å²) in [5.41, 5.74) is -2.70. The Bertz CT molecular complexity index is 1080. The summed E-state index contributed by atoms with van der Waals surface area (Å²) in [6.45, 7) is 0. The summed E-state index contributed by atoms with van der Waals surface area (Å²) in [7, 11) is 1.31. The first-order valence-corrected chi connectivity index (χ1v) is 6.81. The van der Waals surface area contributed by atoms with E-state index in [1.165, 1.54) is 7.05 Å². The van der Waals surface area contributed by atoms with Crippen LogP contribution in [0, 0.1) is 40.5 Å². The minimum atomic E-state index is -0.853. The standard InChI is InChI=1S/C13H7N5O8/c1-14-12-8(2-6(15(19)20)4-10(12)17(23)24)9-3-7(16(21)22)5-11(13(9)14)18(25)26/h2-5H,1H3. The van der Waals surface area contributed by atoms with Gasteiger partial charge in [-0.3, -0.25) is 40.5 Å². The molecule has 0 amide bonds. The second-order valence-corrected chi connectivity index (χ2v) is 5.31. The number of fused-ring (bicyclic) bond motifs is 3. The number of aromatic nitrogens is 1. The fourth-order valence-corrected chi connectivity index (χ4v) is 2.93. The van der Waals surface area contributed by atoms with Crippen molar-refractivity contribution in [3.05, 3.63) is 64.7 Å². The molecule has 26 heavy (non-hydrogen) atoms. The van der Waals surface area contributed by atoms with Gasteiger partial charge in [0.1, 0.15) is 11.0 Å². The minimum Gasteiger partial charge on any atom is -0.332 e. The molecule has 0 spiro atoms. The molecule has 0 saturated carbocycles. The first-order valence-electron chi connectivity index (χ1n) is 6.81. The van der Waals surface area contributed by atoms with E-state index in [9.17, 15) is 40.5 Å². The summed E-state index contributed by atoms with van der Waals surface area (Å²) in [5.74, 6) is 0. The lowest BCUT2D eigenvalue weighted by Crippen LogP contribution is -1.98. The van der Waals surface area contributed by atoms with Crippen LogP contribution < -0.4 is 0 Å². The molecule has 3 aromatic rings. The summed E-state index contributed by atoms with van der Waals surface area (Å²) in [5, 5.41) is 44.7. The van der Waals surface area contributed by atoms with E-state index in [1.54, 1.807) is 0 Å².